The average Bonchev–Trinajstić information content (AvgIpc) is 3.09. The van der Waals surface area contributed by atoms with Gasteiger partial charge in [0, 0.05) is 30.2 Å². The van der Waals surface area contributed by atoms with Gasteiger partial charge in [0.05, 0.1) is 12.9 Å². The van der Waals surface area contributed by atoms with E-state index in [2.05, 4.69) is 27.1 Å². The predicted molar refractivity (Wildman–Crippen MR) is 110 cm³/mol. The fourth-order valence-electron chi connectivity index (χ4n) is 2.52. The van der Waals surface area contributed by atoms with Gasteiger partial charge in [0.15, 0.2) is 11.0 Å². The van der Waals surface area contributed by atoms with E-state index in [0.29, 0.717) is 17.4 Å². The Hall–Kier alpha value is -3.13. The third-order valence-electron chi connectivity index (χ3n) is 3.79. The topological polar surface area (TPSA) is 81.9 Å². The Balaban J connectivity index is 1.70. The van der Waals surface area contributed by atoms with Gasteiger partial charge in [-0.2, -0.15) is 0 Å². The van der Waals surface area contributed by atoms with Crippen molar-refractivity contribution in [2.24, 2.45) is 0 Å². The molecule has 0 fully saturated rings. The van der Waals surface area contributed by atoms with Crippen LogP contribution in [-0.2, 0) is 11.3 Å². The number of allylic oxidation sites excluding steroid dienone is 1. The second kappa shape index (κ2) is 9.18. The normalized spacial score (nSPS) is 10.5. The molecule has 0 saturated heterocycles. The first-order chi connectivity index (χ1) is 13.6. The Bertz CT molecular complexity index is 954. The number of hydrogen-bond acceptors (Lipinski definition) is 6. The minimum absolute atomic E-state index is 0.120. The standard InChI is InChI=1S/C20H21N5O2S/c1-14(2)12-25-19(15-8-10-21-11-9-15)23-24-20(25)28-13-18(26)22-16-4-6-17(27-3)7-5-16/h4-11H,1,12-13H2,2-3H3,(H,22,26). The Morgan fingerprint density at radius 1 is 1.18 bits per heavy atom. The molecule has 8 heteroatoms. The molecule has 0 bridgehead atoms. The van der Waals surface area contributed by atoms with E-state index in [1.165, 1.54) is 11.8 Å². The van der Waals surface area contributed by atoms with Crippen molar-refractivity contribution >= 4 is 23.4 Å². The third kappa shape index (κ3) is 4.98. The number of methoxy groups -OCH3 is 1. The number of carbonyl (C=O) groups is 1. The van der Waals surface area contributed by atoms with E-state index in [1.807, 2.05) is 23.6 Å². The van der Waals surface area contributed by atoms with Crippen LogP contribution in [0.2, 0.25) is 0 Å². The van der Waals surface area contributed by atoms with Gasteiger partial charge in [-0.05, 0) is 43.3 Å². The highest BCUT2D eigenvalue weighted by atomic mass is 32.2. The summed E-state index contributed by atoms with van der Waals surface area (Å²) in [7, 11) is 1.60. The molecular formula is C20H21N5O2S. The molecule has 0 unspecified atom stereocenters. The molecule has 7 nitrogen and oxygen atoms in total. The molecule has 0 saturated carbocycles. The molecule has 3 aromatic rings. The van der Waals surface area contributed by atoms with Gasteiger partial charge in [-0.1, -0.05) is 23.9 Å². The Morgan fingerprint density at radius 2 is 1.89 bits per heavy atom. The summed E-state index contributed by atoms with van der Waals surface area (Å²) >= 11 is 1.34. The molecular weight excluding hydrogens is 374 g/mol. The lowest BCUT2D eigenvalue weighted by atomic mass is 10.2. The van der Waals surface area contributed by atoms with Crippen molar-refractivity contribution in [2.75, 3.05) is 18.2 Å². The molecule has 1 N–H and O–H groups in total. The number of benzene rings is 1. The number of nitrogens with zero attached hydrogens (tertiary/aromatic N) is 4. The molecule has 3 rings (SSSR count). The number of carbonyl (C=O) groups excluding carboxylic acids is 1. The summed E-state index contributed by atoms with van der Waals surface area (Å²) in [6, 6.07) is 11.0. The van der Waals surface area contributed by atoms with Gasteiger partial charge in [-0.25, -0.2) is 0 Å². The summed E-state index contributed by atoms with van der Waals surface area (Å²) < 4.78 is 7.08. The average molecular weight is 395 g/mol. The lowest BCUT2D eigenvalue weighted by Crippen LogP contribution is -2.14. The Kier molecular flexibility index (Phi) is 6.44. The SMILES string of the molecule is C=C(C)Cn1c(SCC(=O)Nc2ccc(OC)cc2)nnc1-c1ccncc1. The summed E-state index contributed by atoms with van der Waals surface area (Å²) in [4.78, 5) is 16.3. The van der Waals surface area contributed by atoms with E-state index >= 15 is 0 Å². The number of nitrogens with one attached hydrogen (secondary N) is 1. The summed E-state index contributed by atoms with van der Waals surface area (Å²) in [5.74, 6) is 1.56. The highest BCUT2D eigenvalue weighted by Crippen LogP contribution is 2.25. The summed E-state index contributed by atoms with van der Waals surface area (Å²) in [5.41, 5.74) is 2.60. The van der Waals surface area contributed by atoms with Gasteiger partial charge < -0.3 is 10.1 Å². The van der Waals surface area contributed by atoms with Gasteiger partial charge in [0.25, 0.3) is 0 Å². The fraction of sp³-hybridized carbons (Fsp3) is 0.200. The number of ether oxygens (including phenoxy) is 1. The van der Waals surface area contributed by atoms with Gasteiger partial charge in [-0.15, -0.1) is 10.2 Å². The zero-order chi connectivity index (χ0) is 19.9. The van der Waals surface area contributed by atoms with E-state index in [-0.39, 0.29) is 11.7 Å². The van der Waals surface area contributed by atoms with Crippen molar-refractivity contribution < 1.29 is 9.53 Å². The number of thioether (sulfide) groups is 1. The van der Waals surface area contributed by atoms with Crippen molar-refractivity contribution in [3.05, 3.63) is 60.9 Å². The lowest BCUT2D eigenvalue weighted by molar-refractivity contribution is -0.113. The van der Waals surface area contributed by atoms with Crippen molar-refractivity contribution in [3.8, 4) is 17.1 Å². The number of anilines is 1. The van der Waals surface area contributed by atoms with E-state index in [4.69, 9.17) is 4.74 Å². The lowest BCUT2D eigenvalue weighted by Gasteiger charge is -2.10. The van der Waals surface area contributed by atoms with Crippen LogP contribution in [0.15, 0.2) is 66.1 Å². The summed E-state index contributed by atoms with van der Waals surface area (Å²) in [6.07, 6.45) is 3.43. The van der Waals surface area contributed by atoms with Crippen LogP contribution < -0.4 is 10.1 Å². The van der Waals surface area contributed by atoms with Crippen LogP contribution in [0.25, 0.3) is 11.4 Å². The molecule has 1 amide bonds. The van der Waals surface area contributed by atoms with Gasteiger partial charge in [0.2, 0.25) is 5.91 Å². The monoisotopic (exact) mass is 395 g/mol. The van der Waals surface area contributed by atoms with Crippen molar-refractivity contribution in [1.82, 2.24) is 19.7 Å². The van der Waals surface area contributed by atoms with Crippen LogP contribution in [0.3, 0.4) is 0 Å². The summed E-state index contributed by atoms with van der Waals surface area (Å²) in [5, 5.41) is 12.1. The van der Waals surface area contributed by atoms with Crippen LogP contribution in [0.1, 0.15) is 6.92 Å². The summed E-state index contributed by atoms with van der Waals surface area (Å²) in [6.45, 7) is 6.51. The van der Waals surface area contributed by atoms with Crippen molar-refractivity contribution in [3.63, 3.8) is 0 Å². The number of pyridine rings is 1. The first-order valence-electron chi connectivity index (χ1n) is 8.61. The Morgan fingerprint density at radius 3 is 2.54 bits per heavy atom. The van der Waals surface area contributed by atoms with Gasteiger partial charge in [-0.3, -0.25) is 14.3 Å². The van der Waals surface area contributed by atoms with E-state index in [0.717, 1.165) is 22.7 Å². The number of hydrogen-bond donors (Lipinski definition) is 1. The zero-order valence-corrected chi connectivity index (χ0v) is 16.6. The molecule has 0 radical (unpaired) electrons. The van der Waals surface area contributed by atoms with Crippen molar-refractivity contribution in [2.45, 2.75) is 18.6 Å². The molecule has 0 aliphatic heterocycles. The maximum Gasteiger partial charge on any atom is 0.234 e. The van der Waals surface area contributed by atoms with E-state index < -0.39 is 0 Å². The van der Waals surface area contributed by atoms with Crippen LogP contribution in [-0.4, -0.2) is 38.5 Å². The zero-order valence-electron chi connectivity index (χ0n) is 15.8. The van der Waals surface area contributed by atoms with Gasteiger partial charge >= 0.3 is 0 Å². The van der Waals surface area contributed by atoms with Crippen LogP contribution in [0, 0.1) is 0 Å². The molecule has 0 atom stereocenters. The molecule has 2 heterocycles. The minimum atomic E-state index is -0.120. The predicted octanol–water partition coefficient (Wildman–Crippen LogP) is 3.66. The molecule has 2 aromatic heterocycles. The molecule has 0 spiro atoms. The first-order valence-corrected chi connectivity index (χ1v) is 9.60. The molecule has 0 aliphatic rings. The molecule has 0 aliphatic carbocycles. The van der Waals surface area contributed by atoms with Crippen LogP contribution >= 0.6 is 11.8 Å². The van der Waals surface area contributed by atoms with E-state index in [9.17, 15) is 4.79 Å². The first kappa shape index (κ1) is 19.6. The van der Waals surface area contributed by atoms with Crippen molar-refractivity contribution in [1.29, 1.82) is 0 Å². The fourth-order valence-corrected chi connectivity index (χ4v) is 3.26. The number of aromatic nitrogens is 4. The van der Waals surface area contributed by atoms with E-state index in [1.54, 1.807) is 43.8 Å². The maximum absolute atomic E-state index is 12.3. The number of amides is 1. The Labute approximate surface area is 167 Å². The highest BCUT2D eigenvalue weighted by molar-refractivity contribution is 7.99. The second-order valence-corrected chi connectivity index (χ2v) is 7.09. The van der Waals surface area contributed by atoms with Gasteiger partial charge in [0.1, 0.15) is 5.75 Å². The van der Waals surface area contributed by atoms with Crippen LogP contribution in [0.4, 0.5) is 5.69 Å². The number of rotatable bonds is 8. The smallest absolute Gasteiger partial charge is 0.234 e. The van der Waals surface area contributed by atoms with Crippen LogP contribution in [0.5, 0.6) is 5.75 Å². The largest absolute Gasteiger partial charge is 0.497 e. The quantitative estimate of drug-likeness (QED) is 0.463. The molecule has 1 aromatic carbocycles. The third-order valence-corrected chi connectivity index (χ3v) is 4.76. The molecule has 28 heavy (non-hydrogen) atoms. The highest BCUT2D eigenvalue weighted by Gasteiger charge is 2.16. The maximum atomic E-state index is 12.3. The second-order valence-electron chi connectivity index (χ2n) is 6.15. The molecule has 144 valence electrons. The minimum Gasteiger partial charge on any atom is -0.497 e.